The number of H-pyrrole nitrogens is 1. The summed E-state index contributed by atoms with van der Waals surface area (Å²) in [6.07, 6.45) is 6.94. The molecule has 3 unspecified atom stereocenters. The highest BCUT2D eigenvalue weighted by Gasteiger charge is 2.42. The lowest BCUT2D eigenvalue weighted by Crippen LogP contribution is -2.62. The molecule has 42 heavy (non-hydrogen) atoms. The lowest BCUT2D eigenvalue weighted by Gasteiger charge is -2.42. The molecule has 0 spiro atoms. The molecule has 1 aromatic carbocycles. The van der Waals surface area contributed by atoms with Gasteiger partial charge in [0.15, 0.2) is 5.67 Å². The molecule has 0 aliphatic carbocycles. The van der Waals surface area contributed by atoms with Gasteiger partial charge in [0, 0.05) is 25.3 Å². The normalized spacial score (nSPS) is 21.6. The number of nitrogens with zero attached hydrogens (tertiary/aromatic N) is 3. The molecule has 2 aliphatic rings. The number of rotatable bonds is 8. The van der Waals surface area contributed by atoms with Crippen molar-refractivity contribution in [3.05, 3.63) is 71.3 Å². The molecule has 3 atom stereocenters. The number of allylic oxidation sites excluding steroid dienone is 1. The van der Waals surface area contributed by atoms with Crippen LogP contribution in [-0.2, 0) is 15.1 Å². The second-order valence-electron chi connectivity index (χ2n) is 10.4. The van der Waals surface area contributed by atoms with Gasteiger partial charge in [-0.05, 0) is 41.8 Å². The van der Waals surface area contributed by atoms with Crippen molar-refractivity contribution < 1.29 is 27.4 Å². The first-order valence-corrected chi connectivity index (χ1v) is 13.2. The second-order valence-corrected chi connectivity index (χ2v) is 10.4. The minimum atomic E-state index is -1.92. The summed E-state index contributed by atoms with van der Waals surface area (Å²) in [5.74, 6) is -1.66. The van der Waals surface area contributed by atoms with Crippen LogP contribution >= 0.6 is 0 Å². The molecule has 2 aliphatic heterocycles. The van der Waals surface area contributed by atoms with E-state index in [1.54, 1.807) is 12.4 Å². The number of hydrogen-bond donors (Lipinski definition) is 5. The molecule has 3 aromatic rings. The molecule has 0 radical (unpaired) electrons. The average Bonchev–Trinajstić information content (AvgIpc) is 3.39. The van der Waals surface area contributed by atoms with Crippen LogP contribution in [0.15, 0.2) is 42.9 Å². The molecule has 2 fully saturated rings. The van der Waals surface area contributed by atoms with Crippen molar-refractivity contribution in [1.82, 2.24) is 20.3 Å². The number of pyridine rings is 1. The Hall–Kier alpha value is -4.43. The van der Waals surface area contributed by atoms with Gasteiger partial charge < -0.3 is 41.1 Å². The van der Waals surface area contributed by atoms with Crippen molar-refractivity contribution in [2.75, 3.05) is 43.6 Å². The number of alkyl carbamates (subject to hydrolysis) is 1. The largest absolute Gasteiger partial charge is 0.453 e. The van der Waals surface area contributed by atoms with Crippen molar-refractivity contribution in [1.29, 1.82) is 5.41 Å². The number of methoxy groups -OCH3 is 1. The highest BCUT2D eigenvalue weighted by molar-refractivity contribution is 6.09. The third-order valence-corrected chi connectivity index (χ3v) is 7.39. The molecule has 222 valence electrons. The molecule has 4 heterocycles. The predicted molar refractivity (Wildman–Crippen MR) is 151 cm³/mol. The molecular weight excluding hydrogens is 553 g/mol. The number of benzene rings is 1. The topological polar surface area (TPSA) is 154 Å². The van der Waals surface area contributed by atoms with Gasteiger partial charge in [-0.2, -0.15) is 0 Å². The van der Waals surface area contributed by atoms with Crippen LogP contribution < -0.4 is 21.3 Å². The van der Waals surface area contributed by atoms with Crippen molar-refractivity contribution in [2.24, 2.45) is 11.7 Å². The third kappa shape index (κ3) is 5.94. The number of piperidine rings is 1. The van der Waals surface area contributed by atoms with E-state index in [9.17, 15) is 18.0 Å². The summed E-state index contributed by atoms with van der Waals surface area (Å²) >= 11 is 0. The zero-order chi connectivity index (χ0) is 30.0. The molecule has 5 rings (SSSR count). The minimum Gasteiger partial charge on any atom is -0.453 e. The Morgan fingerprint density at radius 3 is 2.67 bits per heavy atom. The summed E-state index contributed by atoms with van der Waals surface area (Å²) in [4.78, 5) is 25.4. The van der Waals surface area contributed by atoms with Crippen LogP contribution in [0, 0.1) is 23.0 Å². The van der Waals surface area contributed by atoms with E-state index >= 15 is 0 Å². The standard InChI is InChI=1S/C28H31F3N8O3/c1-15-11-39(12-21(33)25(15)38-27(40)41-2)23-5-6-34-10-22(23)37-26-35-9-17(36-26)3-4-20(32)24-18(29)7-16(8-19(24)30)28(31)13-42-14-28/h3-10,15,21,25,32H,11-14,33H2,1-2H3,(H,38,40)(H2,35,36,37)/b4-3-,32-20?. The number of carbonyl (C=O) groups is 1. The van der Waals surface area contributed by atoms with Gasteiger partial charge in [-0.15, -0.1) is 0 Å². The van der Waals surface area contributed by atoms with E-state index in [4.69, 9.17) is 20.6 Å². The van der Waals surface area contributed by atoms with Crippen molar-refractivity contribution in [2.45, 2.75) is 24.7 Å². The van der Waals surface area contributed by atoms with Gasteiger partial charge in [-0.3, -0.25) is 4.98 Å². The van der Waals surface area contributed by atoms with E-state index in [0.29, 0.717) is 30.4 Å². The summed E-state index contributed by atoms with van der Waals surface area (Å²) in [7, 11) is 1.31. The molecule has 6 N–H and O–H groups in total. The van der Waals surface area contributed by atoms with E-state index < -0.39 is 34.7 Å². The lowest BCUT2D eigenvalue weighted by atomic mass is 9.90. The maximum absolute atomic E-state index is 14.7. The Balaban J connectivity index is 1.26. The first-order valence-electron chi connectivity index (χ1n) is 13.2. The number of imidazole rings is 1. The number of carbonyl (C=O) groups excluding carboxylic acids is 1. The van der Waals surface area contributed by atoms with Crippen LogP contribution in [0.25, 0.3) is 6.08 Å². The van der Waals surface area contributed by atoms with Gasteiger partial charge in [0.2, 0.25) is 5.95 Å². The summed E-state index contributed by atoms with van der Waals surface area (Å²) in [5.41, 5.74) is 5.29. The third-order valence-electron chi connectivity index (χ3n) is 7.39. The molecular formula is C28H31F3N8O3. The highest BCUT2D eigenvalue weighted by Crippen LogP contribution is 2.35. The molecule has 2 saturated heterocycles. The monoisotopic (exact) mass is 584 g/mol. The lowest BCUT2D eigenvalue weighted by molar-refractivity contribution is -0.135. The Labute approximate surface area is 239 Å². The van der Waals surface area contributed by atoms with Gasteiger partial charge >= 0.3 is 6.09 Å². The van der Waals surface area contributed by atoms with Crippen LogP contribution in [-0.4, -0.2) is 72.3 Å². The molecule has 0 bridgehead atoms. The smallest absolute Gasteiger partial charge is 0.407 e. The number of nitrogens with one attached hydrogen (secondary N) is 4. The first kappa shape index (κ1) is 29.1. The first-order chi connectivity index (χ1) is 20.1. The zero-order valence-corrected chi connectivity index (χ0v) is 23.0. The van der Waals surface area contributed by atoms with Crippen LogP contribution in [0.4, 0.5) is 35.3 Å². The second kappa shape index (κ2) is 11.8. The highest BCUT2D eigenvalue weighted by atomic mass is 19.1. The van der Waals surface area contributed by atoms with Crippen molar-refractivity contribution in [3.8, 4) is 0 Å². The fourth-order valence-corrected chi connectivity index (χ4v) is 5.13. The van der Waals surface area contributed by atoms with Gasteiger partial charge in [-0.1, -0.05) is 6.92 Å². The van der Waals surface area contributed by atoms with Crippen LogP contribution in [0.3, 0.4) is 0 Å². The van der Waals surface area contributed by atoms with Crippen LogP contribution in [0.2, 0.25) is 0 Å². The maximum Gasteiger partial charge on any atom is 0.407 e. The Bertz CT molecular complexity index is 1470. The SMILES string of the molecule is COC(=O)NC1C(C)CN(c2ccncc2Nc2ncc(/C=C\C(=N)c3c(F)cc(C4(F)COC4)cc3F)[nH]2)CC1N. The van der Waals surface area contributed by atoms with Crippen molar-refractivity contribution >= 4 is 35.2 Å². The number of aromatic nitrogens is 3. The van der Waals surface area contributed by atoms with Gasteiger partial charge in [0.05, 0.1) is 67.1 Å². The number of alkyl halides is 1. The quantitative estimate of drug-likeness (QED) is 0.252. The maximum atomic E-state index is 14.7. The zero-order valence-electron chi connectivity index (χ0n) is 23.0. The fraction of sp³-hybridized carbons (Fsp3) is 0.357. The minimum absolute atomic E-state index is 0.0285. The van der Waals surface area contributed by atoms with E-state index in [1.807, 2.05) is 13.0 Å². The Morgan fingerprint density at radius 2 is 2.02 bits per heavy atom. The number of aromatic amines is 1. The Kier molecular flexibility index (Phi) is 8.18. The molecule has 1 amide bonds. The summed E-state index contributed by atoms with van der Waals surface area (Å²) in [6.45, 7) is 2.55. The molecule has 11 nitrogen and oxygen atoms in total. The van der Waals surface area contributed by atoms with Crippen LogP contribution in [0.5, 0.6) is 0 Å². The predicted octanol–water partition coefficient (Wildman–Crippen LogP) is 3.61. The van der Waals surface area contributed by atoms with Gasteiger partial charge in [0.1, 0.15) is 11.6 Å². The number of amides is 1. The van der Waals surface area contributed by atoms with E-state index in [1.165, 1.54) is 25.5 Å². The molecule has 14 heteroatoms. The summed E-state index contributed by atoms with van der Waals surface area (Å²) < 4.78 is 53.4. The number of hydrogen-bond acceptors (Lipinski definition) is 9. The van der Waals surface area contributed by atoms with Crippen molar-refractivity contribution in [3.63, 3.8) is 0 Å². The number of halogens is 3. The summed E-state index contributed by atoms with van der Waals surface area (Å²) in [5, 5.41) is 14.2. The van der Waals surface area contributed by atoms with E-state index in [0.717, 1.165) is 17.8 Å². The molecule has 2 aromatic heterocycles. The van der Waals surface area contributed by atoms with E-state index in [-0.39, 0.29) is 36.8 Å². The number of nitrogens with two attached hydrogens (primary N) is 1. The number of anilines is 3. The number of ether oxygens (including phenoxy) is 2. The fourth-order valence-electron chi connectivity index (χ4n) is 5.13. The van der Waals surface area contributed by atoms with E-state index in [2.05, 4.69) is 30.5 Å². The Morgan fingerprint density at radius 1 is 1.29 bits per heavy atom. The van der Waals surface area contributed by atoms with Gasteiger partial charge in [0.25, 0.3) is 0 Å². The summed E-state index contributed by atoms with van der Waals surface area (Å²) in [6, 6.07) is 3.05. The van der Waals surface area contributed by atoms with Gasteiger partial charge in [-0.25, -0.2) is 22.9 Å². The molecule has 0 saturated carbocycles. The average molecular weight is 585 g/mol. The van der Waals surface area contributed by atoms with Crippen LogP contribution in [0.1, 0.15) is 23.7 Å².